The van der Waals surface area contributed by atoms with E-state index in [0.29, 0.717) is 13.2 Å². The molecule has 6 heteroatoms. The predicted molar refractivity (Wildman–Crippen MR) is 173 cm³/mol. The number of unbranched alkanes of at least 4 members (excludes halogenated alkanes) is 14. The summed E-state index contributed by atoms with van der Waals surface area (Å²) in [6, 6.07) is 0. The molecule has 0 saturated heterocycles. The first-order chi connectivity index (χ1) is 18.4. The molecule has 0 N–H and O–H groups in total. The fourth-order valence-electron chi connectivity index (χ4n) is 5.60. The molecule has 38 heavy (non-hydrogen) atoms. The third-order valence-corrected chi connectivity index (χ3v) is 17.6. The van der Waals surface area contributed by atoms with Crippen LogP contribution in [0.2, 0.25) is 0 Å². The molecule has 0 radical (unpaired) electrons. The predicted octanol–water partition coefficient (Wildman–Crippen LogP) is 12.5. The number of hydrogen-bond donors (Lipinski definition) is 0. The molecular weight excluding hydrogens is 510 g/mol. The Bertz CT molecular complexity index is 496. The summed E-state index contributed by atoms with van der Waals surface area (Å²) >= 11 is 0. The molecule has 0 unspecified atom stereocenters. The molecule has 0 saturated carbocycles. The zero-order valence-electron chi connectivity index (χ0n) is 26.9. The SMILES string of the molecule is CCCCCCP(CCCCCC)(CCCCCC)(CCCCCC)OP(=O)(OCCCC)OCCCC. The summed E-state index contributed by atoms with van der Waals surface area (Å²) in [6.45, 7) is 11.5. The van der Waals surface area contributed by atoms with Crippen molar-refractivity contribution in [1.82, 2.24) is 0 Å². The summed E-state index contributed by atoms with van der Waals surface area (Å²) in [5, 5.41) is 0. The van der Waals surface area contributed by atoms with Crippen molar-refractivity contribution in [2.75, 3.05) is 37.9 Å². The number of phosphoric ester groups is 1. The molecule has 0 aromatic heterocycles. The van der Waals surface area contributed by atoms with Crippen molar-refractivity contribution in [2.24, 2.45) is 0 Å². The van der Waals surface area contributed by atoms with Crippen LogP contribution in [0.25, 0.3) is 0 Å². The number of phosphoric acid groups is 1. The van der Waals surface area contributed by atoms with E-state index < -0.39 is 14.7 Å². The second-order valence-corrected chi connectivity index (χ2v) is 19.5. The minimum atomic E-state index is -3.63. The first-order valence-corrected chi connectivity index (χ1v) is 21.4. The van der Waals surface area contributed by atoms with Gasteiger partial charge in [0.15, 0.2) is 0 Å². The van der Waals surface area contributed by atoms with E-state index in [1.165, 1.54) is 103 Å². The van der Waals surface area contributed by atoms with Gasteiger partial charge in [-0.05, 0) is 0 Å². The van der Waals surface area contributed by atoms with Gasteiger partial charge in [-0.1, -0.05) is 0 Å². The van der Waals surface area contributed by atoms with Gasteiger partial charge in [0.1, 0.15) is 0 Å². The summed E-state index contributed by atoms with van der Waals surface area (Å²) in [5.41, 5.74) is 0. The van der Waals surface area contributed by atoms with Crippen LogP contribution in [-0.2, 0) is 17.9 Å². The monoisotopic (exact) mass is 580 g/mol. The Morgan fingerprint density at radius 3 is 0.974 bits per heavy atom. The van der Waals surface area contributed by atoms with Crippen LogP contribution in [0.4, 0.5) is 0 Å². The summed E-state index contributed by atoms with van der Waals surface area (Å²) < 4.78 is 34.1. The van der Waals surface area contributed by atoms with E-state index in [0.717, 1.165) is 50.3 Å². The van der Waals surface area contributed by atoms with E-state index in [9.17, 15) is 4.57 Å². The van der Waals surface area contributed by atoms with Crippen LogP contribution in [0.5, 0.6) is 0 Å². The molecule has 0 amide bonds. The van der Waals surface area contributed by atoms with Gasteiger partial charge in [-0.15, -0.1) is 0 Å². The van der Waals surface area contributed by atoms with Crippen LogP contribution >= 0.6 is 14.7 Å². The van der Waals surface area contributed by atoms with Gasteiger partial charge in [0, 0.05) is 0 Å². The molecule has 0 aliphatic heterocycles. The van der Waals surface area contributed by atoms with Gasteiger partial charge in [0.2, 0.25) is 0 Å². The standard InChI is InChI=1S/C32H70O4P2/c1-7-13-19-23-29-38(30-24-20-14-8-2,31-25-21-15-9-3,32-26-22-16-10-4)36-37(33,34-27-17-11-5)35-28-18-12-6/h7-32H2,1-6H3. The summed E-state index contributed by atoms with van der Waals surface area (Å²) in [6.07, 6.45) is 28.0. The van der Waals surface area contributed by atoms with E-state index in [2.05, 4.69) is 41.5 Å². The van der Waals surface area contributed by atoms with Gasteiger partial charge in [0.25, 0.3) is 0 Å². The quantitative estimate of drug-likeness (QED) is 0.0626. The van der Waals surface area contributed by atoms with Crippen LogP contribution < -0.4 is 0 Å². The van der Waals surface area contributed by atoms with Crippen LogP contribution in [0.1, 0.15) is 170 Å². The molecule has 0 heterocycles. The molecular formula is C32H70O4P2. The van der Waals surface area contributed by atoms with Gasteiger partial charge in [0.05, 0.1) is 0 Å². The van der Waals surface area contributed by atoms with Crippen molar-refractivity contribution in [1.29, 1.82) is 0 Å². The Morgan fingerprint density at radius 1 is 0.421 bits per heavy atom. The third-order valence-electron chi connectivity index (χ3n) is 8.13. The first-order valence-electron chi connectivity index (χ1n) is 17.0. The van der Waals surface area contributed by atoms with Crippen molar-refractivity contribution in [3.63, 3.8) is 0 Å². The van der Waals surface area contributed by atoms with Crippen LogP contribution in [0.15, 0.2) is 0 Å². The van der Waals surface area contributed by atoms with Gasteiger partial charge >= 0.3 is 240 Å². The van der Waals surface area contributed by atoms with E-state index in [4.69, 9.17) is 13.4 Å². The number of rotatable bonds is 30. The first kappa shape index (κ1) is 38.5. The second-order valence-electron chi connectivity index (χ2n) is 11.9. The molecule has 4 nitrogen and oxygen atoms in total. The fourth-order valence-corrected chi connectivity index (χ4v) is 15.8. The zero-order chi connectivity index (χ0) is 28.5. The molecule has 0 fully saturated rings. The van der Waals surface area contributed by atoms with E-state index in [1.54, 1.807) is 0 Å². The number of hydrogen-bond acceptors (Lipinski definition) is 4. The van der Waals surface area contributed by atoms with Gasteiger partial charge < -0.3 is 0 Å². The van der Waals surface area contributed by atoms with E-state index in [-0.39, 0.29) is 0 Å². The van der Waals surface area contributed by atoms with Gasteiger partial charge in [-0.2, -0.15) is 0 Å². The molecule has 0 aromatic carbocycles. The second kappa shape index (κ2) is 24.2. The van der Waals surface area contributed by atoms with Gasteiger partial charge in [-0.3, -0.25) is 0 Å². The van der Waals surface area contributed by atoms with E-state index >= 15 is 0 Å². The normalized spacial score (nSPS) is 13.6. The van der Waals surface area contributed by atoms with Crippen molar-refractivity contribution < 1.29 is 17.9 Å². The van der Waals surface area contributed by atoms with Crippen LogP contribution in [0.3, 0.4) is 0 Å². The summed E-state index contributed by atoms with van der Waals surface area (Å²) in [4.78, 5) is 0. The Kier molecular flexibility index (Phi) is 24.5. The van der Waals surface area contributed by atoms with Crippen molar-refractivity contribution >= 4 is 14.7 Å². The molecule has 0 bridgehead atoms. The topological polar surface area (TPSA) is 44.8 Å². The van der Waals surface area contributed by atoms with Crippen molar-refractivity contribution in [2.45, 2.75) is 170 Å². The molecule has 0 aliphatic carbocycles. The fraction of sp³-hybridized carbons (Fsp3) is 1.00. The Balaban J connectivity index is 6.45. The van der Waals surface area contributed by atoms with Crippen LogP contribution in [-0.4, -0.2) is 37.9 Å². The van der Waals surface area contributed by atoms with Crippen LogP contribution in [0, 0.1) is 0 Å². The molecule has 0 spiro atoms. The Labute approximate surface area is 240 Å². The Morgan fingerprint density at radius 2 is 0.711 bits per heavy atom. The third kappa shape index (κ3) is 17.4. The van der Waals surface area contributed by atoms with Crippen molar-refractivity contribution in [3.05, 3.63) is 0 Å². The van der Waals surface area contributed by atoms with E-state index in [1.807, 2.05) is 0 Å². The Hall–Kier alpha value is 0.540. The average molecular weight is 581 g/mol. The maximum atomic E-state index is 14.5. The zero-order valence-corrected chi connectivity index (χ0v) is 28.7. The molecule has 0 rings (SSSR count). The maximum absolute atomic E-state index is 14.5. The van der Waals surface area contributed by atoms with Gasteiger partial charge in [-0.25, -0.2) is 0 Å². The summed E-state index contributed by atoms with van der Waals surface area (Å²) in [5.74, 6) is 0. The minimum absolute atomic E-state index is 0.462. The molecule has 0 aliphatic rings. The average Bonchev–Trinajstić information content (AvgIpc) is 2.90. The molecule has 232 valence electrons. The molecule has 0 atom stereocenters. The summed E-state index contributed by atoms with van der Waals surface area (Å²) in [7, 11) is -3.63. The van der Waals surface area contributed by atoms with Crippen molar-refractivity contribution in [3.8, 4) is 0 Å². The molecule has 0 aromatic rings.